The van der Waals surface area contributed by atoms with Crippen molar-refractivity contribution in [3.63, 3.8) is 0 Å². The van der Waals surface area contributed by atoms with Crippen LogP contribution in [-0.4, -0.2) is 31.1 Å². The third kappa shape index (κ3) is 3.25. The van der Waals surface area contributed by atoms with Gasteiger partial charge < -0.3 is 10.2 Å². The Hall–Kier alpha value is -0.730. The van der Waals surface area contributed by atoms with Gasteiger partial charge in [-0.2, -0.15) is 0 Å². The highest BCUT2D eigenvalue weighted by atomic mass is 16.2. The third-order valence-corrected chi connectivity index (χ3v) is 1.53. The van der Waals surface area contributed by atoms with Gasteiger partial charge in [0.1, 0.15) is 0 Å². The Labute approximate surface area is 68.8 Å². The molecule has 1 N–H and O–H groups in total. The highest BCUT2D eigenvalue weighted by Crippen LogP contribution is 2.01. The van der Waals surface area contributed by atoms with E-state index in [1.54, 1.807) is 4.90 Å². The molecule has 0 radical (unpaired) electrons. The van der Waals surface area contributed by atoms with E-state index in [9.17, 15) is 4.79 Å². The second kappa shape index (κ2) is 4.99. The van der Waals surface area contributed by atoms with Gasteiger partial charge >= 0.3 is 6.03 Å². The number of nitrogens with zero attached hydrogens (tertiary/aromatic N) is 1. The summed E-state index contributed by atoms with van der Waals surface area (Å²) in [6, 6.07) is 0.0492. The molecule has 3 heteroatoms. The summed E-state index contributed by atoms with van der Waals surface area (Å²) in [7, 11) is 1.81. The molecule has 1 atom stereocenters. The van der Waals surface area contributed by atoms with Crippen LogP contribution in [0.15, 0.2) is 0 Å². The monoisotopic (exact) mass is 158 g/mol. The van der Waals surface area contributed by atoms with Crippen molar-refractivity contribution >= 4 is 6.03 Å². The van der Waals surface area contributed by atoms with Crippen LogP contribution in [0.3, 0.4) is 0 Å². The van der Waals surface area contributed by atoms with Crippen molar-refractivity contribution < 1.29 is 4.79 Å². The van der Waals surface area contributed by atoms with E-state index in [-0.39, 0.29) is 6.03 Å². The molecule has 1 unspecified atom stereocenters. The third-order valence-electron chi connectivity index (χ3n) is 1.53. The predicted octanol–water partition coefficient (Wildman–Crippen LogP) is 1.30. The number of rotatable bonds is 0. The lowest BCUT2D eigenvalue weighted by Gasteiger charge is -2.27. The second-order valence-corrected chi connectivity index (χ2v) is 2.67. The maximum atomic E-state index is 10.8. The molecular weight excluding hydrogens is 140 g/mol. The van der Waals surface area contributed by atoms with Gasteiger partial charge in [0.2, 0.25) is 0 Å². The van der Waals surface area contributed by atoms with E-state index >= 15 is 0 Å². The van der Waals surface area contributed by atoms with Gasteiger partial charge in [-0.05, 0) is 5.92 Å². The first-order chi connectivity index (χ1) is 5.20. The first-order valence-electron chi connectivity index (χ1n) is 4.19. The minimum atomic E-state index is 0.0492. The molecule has 0 aromatic rings. The quantitative estimate of drug-likeness (QED) is 0.566. The van der Waals surface area contributed by atoms with E-state index in [2.05, 4.69) is 12.2 Å². The minimum Gasteiger partial charge on any atom is -0.338 e. The van der Waals surface area contributed by atoms with Crippen LogP contribution in [0.25, 0.3) is 0 Å². The van der Waals surface area contributed by atoms with E-state index in [0.29, 0.717) is 5.92 Å². The number of hydrogen-bond donors (Lipinski definition) is 1. The van der Waals surface area contributed by atoms with Crippen LogP contribution in [0.5, 0.6) is 0 Å². The molecule has 0 saturated carbocycles. The number of urea groups is 1. The number of carbonyl (C=O) groups is 1. The van der Waals surface area contributed by atoms with Crippen LogP contribution >= 0.6 is 0 Å². The molecular formula is C8H18N2O. The zero-order valence-corrected chi connectivity index (χ0v) is 7.85. The first-order valence-corrected chi connectivity index (χ1v) is 4.19. The average molecular weight is 158 g/mol. The van der Waals surface area contributed by atoms with E-state index in [1.165, 1.54) is 0 Å². The Morgan fingerprint density at radius 2 is 2.09 bits per heavy atom. The fraction of sp³-hybridized carbons (Fsp3) is 0.875. The van der Waals surface area contributed by atoms with E-state index in [1.807, 2.05) is 20.9 Å². The zero-order valence-electron chi connectivity index (χ0n) is 7.85. The molecule has 1 aliphatic rings. The van der Waals surface area contributed by atoms with Crippen LogP contribution < -0.4 is 5.32 Å². The predicted molar refractivity (Wildman–Crippen MR) is 46.5 cm³/mol. The molecule has 1 aliphatic heterocycles. The van der Waals surface area contributed by atoms with Crippen LogP contribution in [0, 0.1) is 5.92 Å². The van der Waals surface area contributed by atoms with E-state index < -0.39 is 0 Å². The summed E-state index contributed by atoms with van der Waals surface area (Å²) in [5, 5.41) is 2.77. The summed E-state index contributed by atoms with van der Waals surface area (Å²) in [5.41, 5.74) is 0. The van der Waals surface area contributed by atoms with Gasteiger partial charge in [-0.1, -0.05) is 20.8 Å². The summed E-state index contributed by atoms with van der Waals surface area (Å²) in [5.74, 6) is 0.590. The maximum absolute atomic E-state index is 10.8. The van der Waals surface area contributed by atoms with Gasteiger partial charge in [-0.3, -0.25) is 0 Å². The van der Waals surface area contributed by atoms with Crippen LogP contribution in [-0.2, 0) is 0 Å². The Morgan fingerprint density at radius 1 is 1.55 bits per heavy atom. The van der Waals surface area contributed by atoms with Gasteiger partial charge in [0.05, 0.1) is 0 Å². The zero-order chi connectivity index (χ0) is 8.85. The normalized spacial score (nSPS) is 23.5. The van der Waals surface area contributed by atoms with Gasteiger partial charge in [0.25, 0.3) is 0 Å². The lowest BCUT2D eigenvalue weighted by Crippen LogP contribution is -2.48. The molecule has 2 amide bonds. The Kier molecular flexibility index (Phi) is 4.66. The van der Waals surface area contributed by atoms with Crippen molar-refractivity contribution in [1.29, 1.82) is 0 Å². The fourth-order valence-electron chi connectivity index (χ4n) is 1.01. The average Bonchev–Trinajstić information content (AvgIpc) is 2.02. The Morgan fingerprint density at radius 3 is 2.45 bits per heavy atom. The van der Waals surface area contributed by atoms with Gasteiger partial charge in [0.15, 0.2) is 0 Å². The molecule has 1 heterocycles. The van der Waals surface area contributed by atoms with Crippen LogP contribution in [0.4, 0.5) is 4.79 Å². The van der Waals surface area contributed by atoms with Gasteiger partial charge in [-0.25, -0.2) is 4.79 Å². The lowest BCUT2D eigenvalue weighted by atomic mass is 10.1. The molecule has 0 aliphatic carbocycles. The largest absolute Gasteiger partial charge is 0.338 e. The number of carbonyl (C=O) groups excluding carboxylic acids is 1. The second-order valence-electron chi connectivity index (χ2n) is 2.67. The SMILES string of the molecule is CC.CC1CNC(=O)N(C)C1. The maximum Gasteiger partial charge on any atom is 0.317 e. The number of hydrogen-bond acceptors (Lipinski definition) is 1. The minimum absolute atomic E-state index is 0.0492. The van der Waals surface area contributed by atoms with Crippen molar-refractivity contribution in [2.75, 3.05) is 20.1 Å². The van der Waals surface area contributed by atoms with E-state index in [4.69, 9.17) is 0 Å². The van der Waals surface area contributed by atoms with Crippen LogP contribution in [0.1, 0.15) is 20.8 Å². The highest BCUT2D eigenvalue weighted by Gasteiger charge is 2.17. The topological polar surface area (TPSA) is 32.3 Å². The van der Waals surface area contributed by atoms with Crippen molar-refractivity contribution in [3.8, 4) is 0 Å². The standard InChI is InChI=1S/C6H12N2O.C2H6/c1-5-3-7-6(9)8(2)4-5;1-2/h5H,3-4H2,1-2H3,(H,7,9);1-2H3. The molecule has 11 heavy (non-hydrogen) atoms. The fourth-order valence-corrected chi connectivity index (χ4v) is 1.01. The number of amides is 2. The van der Waals surface area contributed by atoms with Gasteiger partial charge in [0, 0.05) is 20.1 Å². The summed E-state index contributed by atoms with van der Waals surface area (Å²) in [6.45, 7) is 7.82. The molecule has 3 nitrogen and oxygen atoms in total. The van der Waals surface area contributed by atoms with Crippen LogP contribution in [0.2, 0.25) is 0 Å². The number of nitrogens with one attached hydrogen (secondary N) is 1. The van der Waals surface area contributed by atoms with Crippen molar-refractivity contribution in [1.82, 2.24) is 10.2 Å². The first kappa shape index (κ1) is 10.3. The summed E-state index contributed by atoms with van der Waals surface area (Å²) >= 11 is 0. The van der Waals surface area contributed by atoms with Gasteiger partial charge in [-0.15, -0.1) is 0 Å². The summed E-state index contributed by atoms with van der Waals surface area (Å²) in [6.07, 6.45) is 0. The van der Waals surface area contributed by atoms with E-state index in [0.717, 1.165) is 13.1 Å². The highest BCUT2D eigenvalue weighted by molar-refractivity contribution is 5.74. The summed E-state index contributed by atoms with van der Waals surface area (Å²) < 4.78 is 0. The Balaban J connectivity index is 0.000000461. The molecule has 1 saturated heterocycles. The van der Waals surface area contributed by atoms with Crippen molar-refractivity contribution in [2.24, 2.45) is 5.92 Å². The lowest BCUT2D eigenvalue weighted by molar-refractivity contribution is 0.185. The molecule has 66 valence electrons. The van der Waals surface area contributed by atoms with Crippen molar-refractivity contribution in [2.45, 2.75) is 20.8 Å². The van der Waals surface area contributed by atoms with Crippen molar-refractivity contribution in [3.05, 3.63) is 0 Å². The smallest absolute Gasteiger partial charge is 0.317 e. The summed E-state index contributed by atoms with van der Waals surface area (Å²) in [4.78, 5) is 12.5. The molecule has 0 spiro atoms. The molecule has 0 aromatic carbocycles. The molecule has 0 aromatic heterocycles. The molecule has 1 rings (SSSR count). The molecule has 1 fully saturated rings. The Bertz CT molecular complexity index is 125. The molecule has 0 bridgehead atoms.